The Morgan fingerprint density at radius 3 is 2.68 bits per heavy atom. The summed E-state index contributed by atoms with van der Waals surface area (Å²) >= 11 is 1.08. The molecule has 0 aliphatic heterocycles. The van der Waals surface area contributed by atoms with Gasteiger partial charge in [0.15, 0.2) is 22.5 Å². The Morgan fingerprint density at radius 2 is 2.00 bits per heavy atom. The van der Waals surface area contributed by atoms with Crippen molar-refractivity contribution in [2.24, 2.45) is 7.05 Å². The Bertz CT molecular complexity index is 1410. The molecule has 12 heteroatoms. The topological polar surface area (TPSA) is 111 Å². The molecule has 3 heterocycles. The molecule has 1 amide bonds. The summed E-state index contributed by atoms with van der Waals surface area (Å²) < 4.78 is 35.2. The van der Waals surface area contributed by atoms with Crippen molar-refractivity contribution in [1.29, 1.82) is 0 Å². The summed E-state index contributed by atoms with van der Waals surface area (Å²) in [5.74, 6) is -2.69. The number of aromatic nitrogens is 4. The van der Waals surface area contributed by atoms with Gasteiger partial charge in [-0.25, -0.2) is 18.6 Å². The largest absolute Gasteiger partial charge is 0.491 e. The second-order valence-electron chi connectivity index (χ2n) is 6.55. The Morgan fingerprint density at radius 1 is 1.29 bits per heavy atom. The molecular formula is C19H15F2N5O4S. The molecule has 0 unspecified atom stereocenters. The van der Waals surface area contributed by atoms with Crippen LogP contribution in [0.15, 0.2) is 39.4 Å². The van der Waals surface area contributed by atoms with Crippen LogP contribution in [0.4, 0.5) is 13.9 Å². The lowest BCUT2D eigenvalue weighted by atomic mass is 10.1. The highest BCUT2D eigenvalue weighted by atomic mass is 32.1. The summed E-state index contributed by atoms with van der Waals surface area (Å²) in [6.45, 7) is -0.203. The average Bonchev–Trinajstić information content (AvgIpc) is 3.33. The van der Waals surface area contributed by atoms with E-state index in [1.807, 2.05) is 0 Å². The molecule has 0 saturated heterocycles. The van der Waals surface area contributed by atoms with Crippen LogP contribution >= 0.6 is 11.3 Å². The standard InChI is InChI=1S/C19H15F2N5O4S/c1-25-13-3-4-26(15(13)17(28)24-19(25)29)7-14(27)23-18-22-12(8-31-18)9-5-10(20)16(30-2)11(21)6-9/h3-6,8H,7H2,1-2H3,(H,22,23,27)(H,24,28,29). The minimum absolute atomic E-state index is 0.182. The van der Waals surface area contributed by atoms with E-state index in [1.165, 1.54) is 29.5 Å². The molecule has 1 aromatic carbocycles. The monoisotopic (exact) mass is 447 g/mol. The quantitative estimate of drug-likeness (QED) is 0.487. The number of halogens is 2. The number of hydrogen-bond donors (Lipinski definition) is 2. The molecule has 2 N–H and O–H groups in total. The third-order valence-corrected chi connectivity index (χ3v) is 5.36. The van der Waals surface area contributed by atoms with Crippen LogP contribution in [0.3, 0.4) is 0 Å². The Labute approximate surface area is 176 Å². The maximum absolute atomic E-state index is 13.9. The van der Waals surface area contributed by atoms with Gasteiger partial charge in [-0.15, -0.1) is 11.3 Å². The van der Waals surface area contributed by atoms with Crippen LogP contribution < -0.4 is 21.3 Å². The summed E-state index contributed by atoms with van der Waals surface area (Å²) in [6, 6.07) is 3.74. The molecule has 0 aliphatic carbocycles. The van der Waals surface area contributed by atoms with E-state index in [-0.39, 0.29) is 28.5 Å². The number of carbonyl (C=O) groups is 1. The Hall–Kier alpha value is -3.80. The van der Waals surface area contributed by atoms with Crippen LogP contribution in [0.25, 0.3) is 22.3 Å². The molecular weight excluding hydrogens is 432 g/mol. The van der Waals surface area contributed by atoms with Crippen molar-refractivity contribution in [2.45, 2.75) is 6.54 Å². The van der Waals surface area contributed by atoms with Crippen molar-refractivity contribution in [2.75, 3.05) is 12.4 Å². The van der Waals surface area contributed by atoms with Crippen LogP contribution in [0.1, 0.15) is 0 Å². The summed E-state index contributed by atoms with van der Waals surface area (Å²) in [7, 11) is 2.67. The molecule has 0 fully saturated rings. The van der Waals surface area contributed by atoms with E-state index in [1.54, 1.807) is 11.4 Å². The van der Waals surface area contributed by atoms with Gasteiger partial charge in [0.25, 0.3) is 5.56 Å². The predicted octanol–water partition coefficient (Wildman–Crippen LogP) is 2.08. The van der Waals surface area contributed by atoms with Gasteiger partial charge in [-0.2, -0.15) is 0 Å². The Kier molecular flexibility index (Phi) is 5.15. The number of aryl methyl sites for hydroxylation is 1. The first-order valence-electron chi connectivity index (χ1n) is 8.85. The fraction of sp³-hybridized carbons (Fsp3) is 0.158. The molecule has 4 rings (SSSR count). The zero-order valence-corrected chi connectivity index (χ0v) is 17.0. The molecule has 0 bridgehead atoms. The number of methoxy groups -OCH3 is 1. The molecule has 4 aromatic rings. The average molecular weight is 447 g/mol. The van der Waals surface area contributed by atoms with Crippen molar-refractivity contribution in [3.63, 3.8) is 0 Å². The molecule has 0 saturated carbocycles. The van der Waals surface area contributed by atoms with Gasteiger partial charge < -0.3 is 14.6 Å². The predicted molar refractivity (Wildman–Crippen MR) is 110 cm³/mol. The zero-order chi connectivity index (χ0) is 22.3. The van der Waals surface area contributed by atoms with E-state index in [0.717, 1.165) is 23.5 Å². The number of H-pyrrole nitrogens is 1. The third-order valence-electron chi connectivity index (χ3n) is 4.61. The second-order valence-corrected chi connectivity index (χ2v) is 7.41. The molecule has 0 aliphatic rings. The SMILES string of the molecule is COc1c(F)cc(-c2csc(NC(=O)Cn3ccc4c3c(=O)[nH]c(=O)n4C)n2)cc1F. The molecule has 3 aromatic heterocycles. The van der Waals surface area contributed by atoms with Crippen molar-refractivity contribution >= 4 is 33.4 Å². The van der Waals surface area contributed by atoms with Crippen molar-refractivity contribution < 1.29 is 18.3 Å². The highest BCUT2D eigenvalue weighted by molar-refractivity contribution is 7.14. The number of carbonyl (C=O) groups excluding carboxylic acids is 1. The first-order chi connectivity index (χ1) is 14.8. The minimum Gasteiger partial charge on any atom is -0.491 e. The van der Waals surface area contributed by atoms with E-state index >= 15 is 0 Å². The normalized spacial score (nSPS) is 11.1. The zero-order valence-electron chi connectivity index (χ0n) is 16.2. The Balaban J connectivity index is 1.54. The number of ether oxygens (including phenoxy) is 1. The van der Waals surface area contributed by atoms with Gasteiger partial charge in [-0.1, -0.05) is 0 Å². The number of anilines is 1. The number of hydrogen-bond acceptors (Lipinski definition) is 6. The third kappa shape index (κ3) is 3.72. The minimum atomic E-state index is -0.866. The number of benzene rings is 1. The van der Waals surface area contributed by atoms with Crippen LogP contribution in [-0.4, -0.2) is 32.1 Å². The summed E-state index contributed by atoms with van der Waals surface area (Å²) in [5, 5.41) is 4.35. The lowest BCUT2D eigenvalue weighted by Gasteiger charge is -2.06. The molecule has 31 heavy (non-hydrogen) atoms. The van der Waals surface area contributed by atoms with Crippen molar-refractivity contribution in [3.05, 3.63) is 62.2 Å². The lowest BCUT2D eigenvalue weighted by molar-refractivity contribution is -0.116. The molecule has 160 valence electrons. The van der Waals surface area contributed by atoms with Crippen LogP contribution in [0.2, 0.25) is 0 Å². The second kappa shape index (κ2) is 7.80. The van der Waals surface area contributed by atoms with Crippen LogP contribution in [0.5, 0.6) is 5.75 Å². The first-order valence-corrected chi connectivity index (χ1v) is 9.73. The highest BCUT2D eigenvalue weighted by Gasteiger charge is 2.16. The van der Waals surface area contributed by atoms with Gasteiger partial charge in [0.05, 0.1) is 18.3 Å². The molecule has 0 atom stereocenters. The highest BCUT2D eigenvalue weighted by Crippen LogP contribution is 2.30. The van der Waals surface area contributed by atoms with E-state index in [0.29, 0.717) is 5.52 Å². The van der Waals surface area contributed by atoms with E-state index < -0.39 is 34.5 Å². The summed E-state index contributed by atoms with van der Waals surface area (Å²) in [4.78, 5) is 42.6. The van der Waals surface area contributed by atoms with E-state index in [4.69, 9.17) is 0 Å². The van der Waals surface area contributed by atoms with Crippen molar-refractivity contribution in [3.8, 4) is 17.0 Å². The summed E-state index contributed by atoms with van der Waals surface area (Å²) in [5.41, 5.74) is -0.115. The van der Waals surface area contributed by atoms with Gasteiger partial charge in [0.1, 0.15) is 12.1 Å². The fourth-order valence-corrected chi connectivity index (χ4v) is 3.88. The molecule has 9 nitrogen and oxygen atoms in total. The van der Waals surface area contributed by atoms with Gasteiger partial charge in [-0.05, 0) is 18.2 Å². The number of nitrogens with zero attached hydrogens (tertiary/aromatic N) is 3. The van der Waals surface area contributed by atoms with Gasteiger partial charge in [0, 0.05) is 24.2 Å². The number of thiazole rings is 1. The van der Waals surface area contributed by atoms with Crippen LogP contribution in [-0.2, 0) is 18.4 Å². The van der Waals surface area contributed by atoms with E-state index in [2.05, 4.69) is 20.0 Å². The maximum atomic E-state index is 13.9. The maximum Gasteiger partial charge on any atom is 0.328 e. The number of amides is 1. The van der Waals surface area contributed by atoms with E-state index in [9.17, 15) is 23.2 Å². The van der Waals surface area contributed by atoms with Crippen LogP contribution in [0, 0.1) is 11.6 Å². The number of rotatable bonds is 5. The first kappa shape index (κ1) is 20.5. The number of fused-ring (bicyclic) bond motifs is 1. The smallest absolute Gasteiger partial charge is 0.328 e. The molecule has 0 spiro atoms. The number of aromatic amines is 1. The lowest BCUT2D eigenvalue weighted by Crippen LogP contribution is -2.29. The fourth-order valence-electron chi connectivity index (χ4n) is 3.14. The van der Waals surface area contributed by atoms with Gasteiger partial charge in [0.2, 0.25) is 5.91 Å². The number of nitrogens with one attached hydrogen (secondary N) is 2. The van der Waals surface area contributed by atoms with Gasteiger partial charge in [-0.3, -0.25) is 19.1 Å². The summed E-state index contributed by atoms with van der Waals surface area (Å²) in [6.07, 6.45) is 1.52. The van der Waals surface area contributed by atoms with Crippen molar-refractivity contribution in [1.82, 2.24) is 19.1 Å². The molecule has 0 radical (unpaired) electrons. The van der Waals surface area contributed by atoms with Gasteiger partial charge >= 0.3 is 5.69 Å².